The van der Waals surface area contributed by atoms with Gasteiger partial charge in [-0.05, 0) is 25.2 Å². The minimum absolute atomic E-state index is 0.118. The highest BCUT2D eigenvalue weighted by atomic mass is 32.1. The first-order valence-electron chi connectivity index (χ1n) is 10.9. The van der Waals surface area contributed by atoms with Crippen molar-refractivity contribution < 1.29 is 19.4 Å². The molecule has 2 N–H and O–H groups in total. The summed E-state index contributed by atoms with van der Waals surface area (Å²) in [5, 5.41) is 17.7. The maximum absolute atomic E-state index is 13.3. The molecule has 4 heterocycles. The molecule has 4 rings (SSSR count). The number of hydrogen-bond acceptors (Lipinski definition) is 7. The number of likely N-dealkylation sites (tertiary alicyclic amines) is 1. The van der Waals surface area contributed by atoms with Gasteiger partial charge in [-0.1, -0.05) is 20.8 Å². The Kier molecular flexibility index (Phi) is 6.24. The van der Waals surface area contributed by atoms with Crippen molar-refractivity contribution in [1.82, 2.24) is 29.8 Å². The summed E-state index contributed by atoms with van der Waals surface area (Å²) in [7, 11) is 0. The first-order chi connectivity index (χ1) is 15.6. The molecule has 11 heteroatoms. The number of piperidine rings is 1. The van der Waals surface area contributed by atoms with Crippen LogP contribution in [-0.4, -0.2) is 66.8 Å². The minimum atomic E-state index is -1.05. The molecule has 0 aromatic carbocycles. The molecule has 1 aliphatic rings. The fraction of sp³-hybridized carbons (Fsp3) is 0.500. The van der Waals surface area contributed by atoms with E-state index in [1.165, 1.54) is 11.3 Å². The molecule has 0 bridgehead atoms. The van der Waals surface area contributed by atoms with Gasteiger partial charge in [0, 0.05) is 36.8 Å². The van der Waals surface area contributed by atoms with Crippen LogP contribution in [0.2, 0.25) is 0 Å². The molecule has 1 saturated heterocycles. The standard InChI is InChI=1S/C22H28N6O4S/c1-13(22(2,3)4)32-17-11-16(19(29)27-7-5-14(6-8-27)24-21(30)31)25-18(26-17)15-12-23-28-9-10-33-20(15)28/h9-14,24H,5-8H2,1-4H3,(H,30,31). The van der Waals surface area contributed by atoms with Gasteiger partial charge in [0.05, 0.1) is 11.8 Å². The first kappa shape index (κ1) is 23.0. The average molecular weight is 473 g/mol. The molecule has 10 nitrogen and oxygen atoms in total. The van der Waals surface area contributed by atoms with Crippen molar-refractivity contribution in [2.45, 2.75) is 52.7 Å². The van der Waals surface area contributed by atoms with E-state index in [0.717, 1.165) is 10.4 Å². The highest BCUT2D eigenvalue weighted by molar-refractivity contribution is 7.16. The lowest BCUT2D eigenvalue weighted by atomic mass is 9.90. The topological polar surface area (TPSA) is 122 Å². The number of carboxylic acid groups (broad SMARTS) is 1. The van der Waals surface area contributed by atoms with E-state index in [1.807, 2.05) is 18.5 Å². The molecule has 176 valence electrons. The Morgan fingerprint density at radius 3 is 2.67 bits per heavy atom. The third-order valence-electron chi connectivity index (χ3n) is 5.92. The fourth-order valence-corrected chi connectivity index (χ4v) is 4.31. The average Bonchev–Trinajstić information content (AvgIpc) is 3.36. The SMILES string of the molecule is CC(Oc1cc(C(=O)N2CCC(NC(=O)O)CC2)nc(-c2cnn3ccsc23)n1)C(C)(C)C. The number of hydrogen-bond donors (Lipinski definition) is 2. The molecule has 3 aromatic rings. The molecular formula is C22H28N6O4S. The van der Waals surface area contributed by atoms with Crippen LogP contribution in [0.15, 0.2) is 23.8 Å². The van der Waals surface area contributed by atoms with Gasteiger partial charge < -0.3 is 20.1 Å². The van der Waals surface area contributed by atoms with Gasteiger partial charge in [0.15, 0.2) is 5.82 Å². The highest BCUT2D eigenvalue weighted by Gasteiger charge is 2.28. The Morgan fingerprint density at radius 2 is 2.00 bits per heavy atom. The smallest absolute Gasteiger partial charge is 0.404 e. The summed E-state index contributed by atoms with van der Waals surface area (Å²) in [4.78, 5) is 36.0. The zero-order valence-corrected chi connectivity index (χ0v) is 19.9. The molecule has 2 amide bonds. The molecule has 1 atom stereocenters. The van der Waals surface area contributed by atoms with Gasteiger partial charge in [-0.2, -0.15) is 10.1 Å². The number of amides is 2. The maximum atomic E-state index is 13.3. The van der Waals surface area contributed by atoms with Gasteiger partial charge in [-0.3, -0.25) is 4.79 Å². The van der Waals surface area contributed by atoms with Crippen LogP contribution in [0.5, 0.6) is 5.88 Å². The fourth-order valence-electron chi connectivity index (χ4n) is 3.52. The van der Waals surface area contributed by atoms with Gasteiger partial charge in [-0.25, -0.2) is 14.3 Å². The number of nitrogens with zero attached hydrogens (tertiary/aromatic N) is 5. The molecule has 0 spiro atoms. The second-order valence-corrected chi connectivity index (χ2v) is 10.2. The van der Waals surface area contributed by atoms with Gasteiger partial charge in [0.1, 0.15) is 16.6 Å². The van der Waals surface area contributed by atoms with Crippen molar-refractivity contribution in [3.8, 4) is 17.3 Å². The molecule has 33 heavy (non-hydrogen) atoms. The van der Waals surface area contributed by atoms with Crippen LogP contribution in [0.25, 0.3) is 16.2 Å². The zero-order chi connectivity index (χ0) is 23.8. The van der Waals surface area contributed by atoms with E-state index in [4.69, 9.17) is 9.84 Å². The largest absolute Gasteiger partial charge is 0.474 e. The number of rotatable bonds is 5. The maximum Gasteiger partial charge on any atom is 0.404 e. The Balaban J connectivity index is 1.64. The number of fused-ring (bicyclic) bond motifs is 1. The number of nitrogens with one attached hydrogen (secondary N) is 1. The van der Waals surface area contributed by atoms with Crippen LogP contribution in [0, 0.1) is 5.41 Å². The normalized spacial score (nSPS) is 16.1. The zero-order valence-electron chi connectivity index (χ0n) is 19.1. The Morgan fingerprint density at radius 1 is 1.27 bits per heavy atom. The summed E-state index contributed by atoms with van der Waals surface area (Å²) in [6.07, 6.45) is 3.47. The van der Waals surface area contributed by atoms with E-state index in [1.54, 1.807) is 21.7 Å². The molecule has 0 radical (unpaired) electrons. The third-order valence-corrected chi connectivity index (χ3v) is 6.81. The lowest BCUT2D eigenvalue weighted by Crippen LogP contribution is -2.46. The molecule has 1 aliphatic heterocycles. The molecule has 0 aliphatic carbocycles. The van der Waals surface area contributed by atoms with Crippen molar-refractivity contribution in [3.05, 3.63) is 29.5 Å². The van der Waals surface area contributed by atoms with Crippen LogP contribution < -0.4 is 10.1 Å². The summed E-state index contributed by atoms with van der Waals surface area (Å²) in [5.74, 6) is 0.497. The van der Waals surface area contributed by atoms with Crippen LogP contribution in [0.3, 0.4) is 0 Å². The van der Waals surface area contributed by atoms with Crippen molar-refractivity contribution in [1.29, 1.82) is 0 Å². The monoisotopic (exact) mass is 472 g/mol. The van der Waals surface area contributed by atoms with Crippen LogP contribution in [-0.2, 0) is 0 Å². The quantitative estimate of drug-likeness (QED) is 0.582. The van der Waals surface area contributed by atoms with Crippen molar-refractivity contribution in [3.63, 3.8) is 0 Å². The van der Waals surface area contributed by atoms with E-state index in [0.29, 0.717) is 37.6 Å². The highest BCUT2D eigenvalue weighted by Crippen LogP contribution is 2.29. The summed E-state index contributed by atoms with van der Waals surface area (Å²) in [5.41, 5.74) is 0.862. The second-order valence-electron chi connectivity index (χ2n) is 9.27. The number of carbonyl (C=O) groups excluding carboxylic acids is 1. The molecule has 3 aromatic heterocycles. The number of ether oxygens (including phenoxy) is 1. The van der Waals surface area contributed by atoms with Gasteiger partial charge in [0.25, 0.3) is 5.91 Å². The summed E-state index contributed by atoms with van der Waals surface area (Å²) in [6.45, 7) is 9.10. The van der Waals surface area contributed by atoms with E-state index >= 15 is 0 Å². The van der Waals surface area contributed by atoms with Crippen LogP contribution >= 0.6 is 11.3 Å². The van der Waals surface area contributed by atoms with Gasteiger partial charge >= 0.3 is 6.09 Å². The Hall–Kier alpha value is -3.21. The number of carbonyl (C=O) groups is 2. The van der Waals surface area contributed by atoms with Crippen molar-refractivity contribution in [2.75, 3.05) is 13.1 Å². The first-order valence-corrected chi connectivity index (χ1v) is 11.8. The van der Waals surface area contributed by atoms with E-state index in [9.17, 15) is 9.59 Å². The number of thiazole rings is 1. The molecule has 1 fully saturated rings. The predicted octanol–water partition coefficient (Wildman–Crippen LogP) is 3.54. The van der Waals surface area contributed by atoms with Crippen molar-refractivity contribution in [2.24, 2.45) is 5.41 Å². The lowest BCUT2D eigenvalue weighted by Gasteiger charge is -2.31. The van der Waals surface area contributed by atoms with Crippen LogP contribution in [0.4, 0.5) is 4.79 Å². The van der Waals surface area contributed by atoms with Crippen LogP contribution in [0.1, 0.15) is 51.0 Å². The van der Waals surface area contributed by atoms with Crippen molar-refractivity contribution >= 4 is 28.2 Å². The Labute approximate surface area is 195 Å². The second kappa shape index (κ2) is 8.97. The van der Waals surface area contributed by atoms with E-state index in [-0.39, 0.29) is 29.2 Å². The van der Waals surface area contributed by atoms with Gasteiger partial charge in [-0.15, -0.1) is 11.3 Å². The van der Waals surface area contributed by atoms with E-state index in [2.05, 4.69) is 41.2 Å². The summed E-state index contributed by atoms with van der Waals surface area (Å²) < 4.78 is 7.88. The minimum Gasteiger partial charge on any atom is -0.474 e. The van der Waals surface area contributed by atoms with E-state index < -0.39 is 6.09 Å². The summed E-state index contributed by atoms with van der Waals surface area (Å²) >= 11 is 1.52. The van der Waals surface area contributed by atoms with Gasteiger partial charge in [0.2, 0.25) is 5.88 Å². The predicted molar refractivity (Wildman–Crippen MR) is 124 cm³/mol. The lowest BCUT2D eigenvalue weighted by molar-refractivity contribution is 0.0696. The molecular weight excluding hydrogens is 444 g/mol. The third kappa shape index (κ3) is 5.08. The number of aromatic nitrogens is 4. The Bertz CT molecular complexity index is 1160. The summed E-state index contributed by atoms with van der Waals surface area (Å²) in [6, 6.07) is 1.43. The molecule has 0 saturated carbocycles. The molecule has 1 unspecified atom stereocenters.